The van der Waals surface area contributed by atoms with Gasteiger partial charge >= 0.3 is 5.69 Å². The van der Waals surface area contributed by atoms with Gasteiger partial charge in [0.25, 0.3) is 0 Å². The average Bonchev–Trinajstić information content (AvgIpc) is 2.57. The van der Waals surface area contributed by atoms with Crippen LogP contribution in [0.25, 0.3) is 0 Å². The third kappa shape index (κ3) is 2.75. The van der Waals surface area contributed by atoms with E-state index in [1.165, 1.54) is 0 Å². The Morgan fingerprint density at radius 3 is 2.78 bits per heavy atom. The maximum atomic E-state index is 11.0. The standard InChI is InChI=1S/C13H17ClN2O2/c1-13(2)7-6-9(8-13)15-11-5-3-4-10(14)12(11)16(17)18/h3-5,9,15H,6-8H2,1-2H3. The highest BCUT2D eigenvalue weighted by molar-refractivity contribution is 6.33. The second-order valence-electron chi connectivity index (χ2n) is 5.64. The van der Waals surface area contributed by atoms with Crippen molar-refractivity contribution >= 4 is 23.0 Å². The molecule has 0 aliphatic heterocycles. The van der Waals surface area contributed by atoms with E-state index >= 15 is 0 Å². The zero-order valence-corrected chi connectivity index (χ0v) is 11.3. The first-order chi connectivity index (χ1) is 8.39. The Morgan fingerprint density at radius 2 is 2.22 bits per heavy atom. The molecule has 1 N–H and O–H groups in total. The maximum Gasteiger partial charge on any atom is 0.310 e. The molecule has 1 saturated carbocycles. The number of nitrogens with zero attached hydrogens (tertiary/aromatic N) is 1. The number of anilines is 1. The molecule has 0 radical (unpaired) electrons. The van der Waals surface area contributed by atoms with E-state index in [1.807, 2.05) is 0 Å². The second-order valence-corrected chi connectivity index (χ2v) is 6.05. The lowest BCUT2D eigenvalue weighted by molar-refractivity contribution is -0.383. The molecule has 0 heterocycles. The Labute approximate surface area is 111 Å². The number of nitro benzene ring substituents is 1. The Bertz CT molecular complexity index is 474. The summed E-state index contributed by atoms with van der Waals surface area (Å²) in [6, 6.07) is 5.29. The highest BCUT2D eigenvalue weighted by Crippen LogP contribution is 2.40. The molecule has 1 unspecified atom stereocenters. The number of hydrogen-bond donors (Lipinski definition) is 1. The van der Waals surface area contributed by atoms with Gasteiger partial charge in [0.2, 0.25) is 0 Å². The number of halogens is 1. The van der Waals surface area contributed by atoms with Crippen LogP contribution in [-0.4, -0.2) is 11.0 Å². The van der Waals surface area contributed by atoms with E-state index in [9.17, 15) is 10.1 Å². The SMILES string of the molecule is CC1(C)CCC(Nc2cccc(Cl)c2[N+](=O)[O-])C1. The van der Waals surface area contributed by atoms with Crippen LogP contribution < -0.4 is 5.32 Å². The Kier molecular flexibility index (Phi) is 3.48. The molecule has 1 aliphatic rings. The van der Waals surface area contributed by atoms with Crippen molar-refractivity contribution in [1.82, 2.24) is 0 Å². The minimum Gasteiger partial charge on any atom is -0.377 e. The van der Waals surface area contributed by atoms with Gasteiger partial charge in [0.05, 0.1) is 4.92 Å². The first-order valence-corrected chi connectivity index (χ1v) is 6.46. The number of hydrogen-bond acceptors (Lipinski definition) is 3. The average molecular weight is 269 g/mol. The van der Waals surface area contributed by atoms with Gasteiger partial charge in [-0.15, -0.1) is 0 Å². The van der Waals surface area contributed by atoms with Crippen molar-refractivity contribution in [1.29, 1.82) is 0 Å². The molecule has 1 atom stereocenters. The normalized spacial score (nSPS) is 21.8. The summed E-state index contributed by atoms with van der Waals surface area (Å²) >= 11 is 5.88. The highest BCUT2D eigenvalue weighted by Gasteiger charge is 2.32. The van der Waals surface area contributed by atoms with Gasteiger partial charge in [-0.3, -0.25) is 10.1 Å². The van der Waals surface area contributed by atoms with Crippen molar-refractivity contribution in [2.45, 2.75) is 39.2 Å². The summed E-state index contributed by atoms with van der Waals surface area (Å²) in [7, 11) is 0. The number of nitro groups is 1. The number of para-hydroxylation sites is 1. The van der Waals surface area contributed by atoms with Crippen molar-refractivity contribution in [2.24, 2.45) is 5.41 Å². The molecule has 0 bridgehead atoms. The molecule has 0 amide bonds. The summed E-state index contributed by atoms with van der Waals surface area (Å²) in [5.74, 6) is 0. The Balaban J connectivity index is 2.20. The number of rotatable bonds is 3. The summed E-state index contributed by atoms with van der Waals surface area (Å²) in [6.45, 7) is 4.45. The number of nitrogens with one attached hydrogen (secondary N) is 1. The summed E-state index contributed by atoms with van der Waals surface area (Å²) in [5, 5.41) is 14.5. The van der Waals surface area contributed by atoms with Crippen LogP contribution in [-0.2, 0) is 0 Å². The third-order valence-electron chi connectivity index (χ3n) is 3.50. The predicted octanol–water partition coefficient (Wildman–Crippen LogP) is 4.24. The van der Waals surface area contributed by atoms with E-state index < -0.39 is 4.92 Å². The van der Waals surface area contributed by atoms with Crippen molar-refractivity contribution in [3.8, 4) is 0 Å². The molecule has 0 saturated heterocycles. The topological polar surface area (TPSA) is 55.2 Å². The first-order valence-electron chi connectivity index (χ1n) is 6.08. The van der Waals surface area contributed by atoms with E-state index in [1.54, 1.807) is 18.2 Å². The van der Waals surface area contributed by atoms with Gasteiger partial charge < -0.3 is 5.32 Å². The minimum atomic E-state index is -0.426. The van der Waals surface area contributed by atoms with Gasteiger partial charge in [0, 0.05) is 6.04 Å². The van der Waals surface area contributed by atoms with Crippen LogP contribution in [0.4, 0.5) is 11.4 Å². The van der Waals surface area contributed by atoms with Crippen molar-refractivity contribution < 1.29 is 4.92 Å². The molecule has 0 spiro atoms. The smallest absolute Gasteiger partial charge is 0.310 e. The van der Waals surface area contributed by atoms with Crippen molar-refractivity contribution in [3.05, 3.63) is 33.3 Å². The molecule has 1 aromatic carbocycles. The van der Waals surface area contributed by atoms with E-state index in [0.29, 0.717) is 11.1 Å². The van der Waals surface area contributed by atoms with Crippen LogP contribution in [0.3, 0.4) is 0 Å². The van der Waals surface area contributed by atoms with Gasteiger partial charge in [-0.25, -0.2) is 0 Å². The highest BCUT2D eigenvalue weighted by atomic mass is 35.5. The van der Waals surface area contributed by atoms with Crippen LogP contribution >= 0.6 is 11.6 Å². The van der Waals surface area contributed by atoms with Crippen LogP contribution in [0.2, 0.25) is 5.02 Å². The van der Waals surface area contributed by atoms with Crippen LogP contribution in [0.5, 0.6) is 0 Å². The predicted molar refractivity (Wildman–Crippen MR) is 73.1 cm³/mol. The summed E-state index contributed by atoms with van der Waals surface area (Å²) < 4.78 is 0. The molecule has 0 aromatic heterocycles. The lowest BCUT2D eigenvalue weighted by Crippen LogP contribution is -2.18. The van der Waals surface area contributed by atoms with Gasteiger partial charge in [0.15, 0.2) is 0 Å². The molecule has 18 heavy (non-hydrogen) atoms. The summed E-state index contributed by atoms with van der Waals surface area (Å²) in [5.41, 5.74) is 0.810. The minimum absolute atomic E-state index is 0.0242. The molecule has 1 fully saturated rings. The fourth-order valence-electron chi connectivity index (χ4n) is 2.60. The fraction of sp³-hybridized carbons (Fsp3) is 0.538. The molecular weight excluding hydrogens is 252 g/mol. The van der Waals surface area contributed by atoms with Gasteiger partial charge in [-0.05, 0) is 36.8 Å². The first kappa shape index (κ1) is 13.1. The number of benzene rings is 1. The lowest BCUT2D eigenvalue weighted by Gasteiger charge is -2.18. The van der Waals surface area contributed by atoms with E-state index in [4.69, 9.17) is 11.6 Å². The molecule has 1 aromatic rings. The molecule has 98 valence electrons. The van der Waals surface area contributed by atoms with Crippen LogP contribution in [0, 0.1) is 15.5 Å². The van der Waals surface area contributed by atoms with Crippen LogP contribution in [0.15, 0.2) is 18.2 Å². The lowest BCUT2D eigenvalue weighted by atomic mass is 9.92. The van der Waals surface area contributed by atoms with Crippen molar-refractivity contribution in [2.75, 3.05) is 5.32 Å². The maximum absolute atomic E-state index is 11.0. The molecule has 5 heteroatoms. The zero-order chi connectivity index (χ0) is 13.3. The third-order valence-corrected chi connectivity index (χ3v) is 3.80. The monoisotopic (exact) mass is 268 g/mol. The van der Waals surface area contributed by atoms with Crippen LogP contribution in [0.1, 0.15) is 33.1 Å². The molecule has 1 aliphatic carbocycles. The quantitative estimate of drug-likeness (QED) is 0.659. The van der Waals surface area contributed by atoms with E-state index in [-0.39, 0.29) is 16.8 Å². The van der Waals surface area contributed by atoms with E-state index in [0.717, 1.165) is 19.3 Å². The largest absolute Gasteiger partial charge is 0.377 e. The fourth-order valence-corrected chi connectivity index (χ4v) is 2.84. The van der Waals surface area contributed by atoms with Gasteiger partial charge in [-0.2, -0.15) is 0 Å². The van der Waals surface area contributed by atoms with Gasteiger partial charge in [0.1, 0.15) is 10.7 Å². The Hall–Kier alpha value is -1.29. The van der Waals surface area contributed by atoms with E-state index in [2.05, 4.69) is 19.2 Å². The Morgan fingerprint density at radius 1 is 1.50 bits per heavy atom. The molecular formula is C13H17ClN2O2. The summed E-state index contributed by atoms with van der Waals surface area (Å²) in [6.07, 6.45) is 3.20. The van der Waals surface area contributed by atoms with Crippen molar-refractivity contribution in [3.63, 3.8) is 0 Å². The molecule has 4 nitrogen and oxygen atoms in total. The van der Waals surface area contributed by atoms with Gasteiger partial charge in [-0.1, -0.05) is 31.5 Å². The second kappa shape index (κ2) is 4.76. The summed E-state index contributed by atoms with van der Waals surface area (Å²) in [4.78, 5) is 10.6. The zero-order valence-electron chi connectivity index (χ0n) is 10.6. The molecule has 2 rings (SSSR count).